The van der Waals surface area contributed by atoms with Crippen LogP contribution >= 0.6 is 0 Å². The van der Waals surface area contributed by atoms with Gasteiger partial charge in [0.2, 0.25) is 0 Å². The number of hydrogen-bond acceptors (Lipinski definition) is 2. The molecule has 11 heavy (non-hydrogen) atoms. The quantitative estimate of drug-likeness (QED) is 0.595. The van der Waals surface area contributed by atoms with Crippen LogP contribution in [0.15, 0.2) is 11.8 Å². The molecule has 0 aliphatic heterocycles. The highest BCUT2D eigenvalue weighted by atomic mass is 16.3. The van der Waals surface area contributed by atoms with Crippen molar-refractivity contribution >= 4 is 0 Å². The minimum Gasteiger partial charge on any atom is -0.390 e. The third-order valence-corrected chi connectivity index (χ3v) is 1.66. The van der Waals surface area contributed by atoms with E-state index in [9.17, 15) is 5.11 Å². The topological polar surface area (TPSA) is 32.3 Å². The van der Waals surface area contributed by atoms with E-state index in [0.29, 0.717) is 0 Å². The van der Waals surface area contributed by atoms with Gasteiger partial charge in [-0.3, -0.25) is 0 Å². The summed E-state index contributed by atoms with van der Waals surface area (Å²) in [5.74, 6) is 0. The summed E-state index contributed by atoms with van der Waals surface area (Å²) in [5.41, 5.74) is 0.929. The van der Waals surface area contributed by atoms with Crippen molar-refractivity contribution in [2.75, 3.05) is 7.05 Å². The predicted octanol–water partition coefficient (Wildman–Crippen LogP) is 1.66. The van der Waals surface area contributed by atoms with Gasteiger partial charge < -0.3 is 10.4 Å². The lowest BCUT2D eigenvalue weighted by molar-refractivity contribution is 0.223. The van der Waals surface area contributed by atoms with E-state index in [1.807, 2.05) is 7.05 Å². The van der Waals surface area contributed by atoms with Crippen LogP contribution in [0.5, 0.6) is 0 Å². The lowest BCUT2D eigenvalue weighted by Gasteiger charge is -2.09. The fourth-order valence-corrected chi connectivity index (χ4v) is 0.943. The highest BCUT2D eigenvalue weighted by Crippen LogP contribution is 2.02. The molecule has 66 valence electrons. The van der Waals surface area contributed by atoms with Crippen LogP contribution < -0.4 is 5.32 Å². The smallest absolute Gasteiger partial charge is 0.0903 e. The van der Waals surface area contributed by atoms with Crippen LogP contribution in [0.2, 0.25) is 0 Å². The van der Waals surface area contributed by atoms with Crippen molar-refractivity contribution in [3.8, 4) is 0 Å². The molecular weight excluding hydrogens is 138 g/mol. The number of aliphatic hydroxyl groups excluding tert-OH is 1. The minimum atomic E-state index is -0.364. The molecule has 0 amide bonds. The van der Waals surface area contributed by atoms with Gasteiger partial charge in [-0.1, -0.05) is 25.8 Å². The number of allylic oxidation sites excluding steroid dienone is 1. The summed E-state index contributed by atoms with van der Waals surface area (Å²) in [5, 5.41) is 12.2. The molecule has 0 saturated carbocycles. The Hall–Kier alpha value is -0.500. The molecule has 0 saturated heterocycles. The molecule has 0 aromatic rings. The third kappa shape index (κ3) is 4.85. The number of nitrogens with one attached hydrogen (secondary N) is 1. The van der Waals surface area contributed by atoms with Gasteiger partial charge in [-0.15, -0.1) is 0 Å². The molecule has 0 spiro atoms. The average Bonchev–Trinajstić information content (AvgIpc) is 1.97. The van der Waals surface area contributed by atoms with Gasteiger partial charge in [-0.2, -0.15) is 0 Å². The Kier molecular flexibility index (Phi) is 5.94. The van der Waals surface area contributed by atoms with Crippen molar-refractivity contribution in [3.63, 3.8) is 0 Å². The van der Waals surface area contributed by atoms with E-state index < -0.39 is 0 Å². The molecule has 0 unspecified atom stereocenters. The number of likely N-dealkylation sites (N-methyl/N-ethyl adjacent to an activating group) is 1. The minimum absolute atomic E-state index is 0.364. The zero-order valence-corrected chi connectivity index (χ0v) is 7.72. The maximum atomic E-state index is 9.18. The van der Waals surface area contributed by atoms with Crippen molar-refractivity contribution < 1.29 is 5.11 Å². The van der Waals surface area contributed by atoms with Crippen molar-refractivity contribution in [2.24, 2.45) is 0 Å². The number of unbranched alkanes of at least 4 members (excludes halogenated alkanes) is 2. The van der Waals surface area contributed by atoms with Crippen LogP contribution in [0, 0.1) is 0 Å². The van der Waals surface area contributed by atoms with E-state index in [4.69, 9.17) is 0 Å². The maximum absolute atomic E-state index is 9.18. The Labute approximate surface area is 69.3 Å². The average molecular weight is 157 g/mol. The second-order valence-corrected chi connectivity index (χ2v) is 2.73. The van der Waals surface area contributed by atoms with Crippen LogP contribution in [0.3, 0.4) is 0 Å². The Bertz CT molecular complexity index is 119. The SMILES string of the molecule is CCCC/C=C(/NC)[C@@H](C)O. The molecule has 2 nitrogen and oxygen atoms in total. The molecule has 2 heteroatoms. The van der Waals surface area contributed by atoms with Crippen LogP contribution in [-0.4, -0.2) is 18.3 Å². The highest BCUT2D eigenvalue weighted by molar-refractivity contribution is 5.03. The largest absolute Gasteiger partial charge is 0.390 e. The number of aliphatic hydroxyl groups is 1. The molecule has 0 rings (SSSR count). The first-order chi connectivity index (χ1) is 5.22. The summed E-state index contributed by atoms with van der Waals surface area (Å²) in [6.07, 6.45) is 5.15. The second-order valence-electron chi connectivity index (χ2n) is 2.73. The highest BCUT2D eigenvalue weighted by Gasteiger charge is 1.99. The lowest BCUT2D eigenvalue weighted by Crippen LogP contribution is -2.17. The summed E-state index contributed by atoms with van der Waals surface area (Å²) >= 11 is 0. The van der Waals surface area contributed by atoms with E-state index in [2.05, 4.69) is 18.3 Å². The van der Waals surface area contributed by atoms with Gasteiger partial charge in [-0.25, -0.2) is 0 Å². The maximum Gasteiger partial charge on any atom is 0.0903 e. The number of rotatable bonds is 5. The first-order valence-corrected chi connectivity index (χ1v) is 4.28. The zero-order valence-electron chi connectivity index (χ0n) is 7.72. The van der Waals surface area contributed by atoms with Crippen LogP contribution in [0.4, 0.5) is 0 Å². The summed E-state index contributed by atoms with van der Waals surface area (Å²) < 4.78 is 0. The molecule has 0 aromatic carbocycles. The van der Waals surface area contributed by atoms with Gasteiger partial charge in [0.25, 0.3) is 0 Å². The molecule has 0 fully saturated rings. The normalized spacial score (nSPS) is 14.7. The van der Waals surface area contributed by atoms with E-state index in [1.165, 1.54) is 12.8 Å². The van der Waals surface area contributed by atoms with E-state index in [-0.39, 0.29) is 6.10 Å². The van der Waals surface area contributed by atoms with Crippen molar-refractivity contribution in [3.05, 3.63) is 11.8 Å². The Morgan fingerprint density at radius 1 is 1.64 bits per heavy atom. The predicted molar refractivity (Wildman–Crippen MR) is 48.3 cm³/mol. The Balaban J connectivity index is 3.71. The Morgan fingerprint density at radius 3 is 2.64 bits per heavy atom. The number of hydrogen-bond donors (Lipinski definition) is 2. The summed E-state index contributed by atoms with van der Waals surface area (Å²) in [4.78, 5) is 0. The second kappa shape index (κ2) is 6.23. The van der Waals surface area contributed by atoms with Gasteiger partial charge in [0.15, 0.2) is 0 Å². The molecule has 0 aromatic heterocycles. The fourth-order valence-electron chi connectivity index (χ4n) is 0.943. The summed E-state index contributed by atoms with van der Waals surface area (Å²) in [6.45, 7) is 3.93. The molecule has 1 atom stereocenters. The first-order valence-electron chi connectivity index (χ1n) is 4.28. The molecule has 0 aliphatic carbocycles. The monoisotopic (exact) mass is 157 g/mol. The molecule has 0 aliphatic rings. The van der Waals surface area contributed by atoms with Crippen LogP contribution in [-0.2, 0) is 0 Å². The van der Waals surface area contributed by atoms with Gasteiger partial charge in [-0.05, 0) is 13.3 Å². The fraction of sp³-hybridized carbons (Fsp3) is 0.778. The molecule has 0 radical (unpaired) electrons. The van der Waals surface area contributed by atoms with Gasteiger partial charge in [0, 0.05) is 12.7 Å². The lowest BCUT2D eigenvalue weighted by atomic mass is 10.2. The standard InChI is InChI=1S/C9H19NO/c1-4-5-6-7-9(10-3)8(2)11/h7-8,10-11H,4-6H2,1-3H3/b9-7+/t8-/m1/s1. The van der Waals surface area contributed by atoms with Crippen LogP contribution in [0.25, 0.3) is 0 Å². The Morgan fingerprint density at radius 2 is 2.27 bits per heavy atom. The summed E-state index contributed by atoms with van der Waals surface area (Å²) in [7, 11) is 1.84. The van der Waals surface area contributed by atoms with Gasteiger partial charge >= 0.3 is 0 Å². The van der Waals surface area contributed by atoms with E-state index >= 15 is 0 Å². The molecule has 0 bridgehead atoms. The third-order valence-electron chi connectivity index (χ3n) is 1.66. The van der Waals surface area contributed by atoms with Gasteiger partial charge in [0.1, 0.15) is 0 Å². The molecular formula is C9H19NO. The first kappa shape index (κ1) is 10.5. The molecule has 2 N–H and O–H groups in total. The van der Waals surface area contributed by atoms with E-state index in [0.717, 1.165) is 12.1 Å². The zero-order chi connectivity index (χ0) is 8.69. The molecule has 0 heterocycles. The van der Waals surface area contributed by atoms with E-state index in [1.54, 1.807) is 6.92 Å². The van der Waals surface area contributed by atoms with Crippen molar-refractivity contribution in [1.29, 1.82) is 0 Å². The van der Waals surface area contributed by atoms with Crippen molar-refractivity contribution in [2.45, 2.75) is 39.2 Å². The van der Waals surface area contributed by atoms with Crippen molar-refractivity contribution in [1.82, 2.24) is 5.32 Å². The van der Waals surface area contributed by atoms with Crippen LogP contribution in [0.1, 0.15) is 33.1 Å². The van der Waals surface area contributed by atoms with Gasteiger partial charge in [0.05, 0.1) is 6.10 Å². The summed E-state index contributed by atoms with van der Waals surface area (Å²) in [6, 6.07) is 0.